The predicted molar refractivity (Wildman–Crippen MR) is 428 cm³/mol. The van der Waals surface area contributed by atoms with Crippen LogP contribution in [-0.2, 0) is 50.9 Å². The number of halogens is 12. The van der Waals surface area contributed by atoms with Gasteiger partial charge in [0.1, 0.15) is 17.2 Å². The van der Waals surface area contributed by atoms with Crippen LogP contribution in [0.4, 0.5) is 76.0 Å². The van der Waals surface area contributed by atoms with Crippen molar-refractivity contribution in [1.82, 2.24) is 54.3 Å². The Morgan fingerprint density at radius 3 is 1.23 bits per heavy atom. The smallest absolute Gasteiger partial charge is 0.433 e. The van der Waals surface area contributed by atoms with Gasteiger partial charge in [0, 0.05) is 50.3 Å². The highest BCUT2D eigenvalue weighted by atomic mass is 32.1. The molecule has 0 aliphatic carbocycles. The van der Waals surface area contributed by atoms with E-state index in [0.717, 1.165) is 81.4 Å². The minimum absolute atomic E-state index is 0.0774. The molecule has 0 saturated carbocycles. The van der Waals surface area contributed by atoms with Crippen molar-refractivity contribution in [2.75, 3.05) is 35.5 Å². The first-order valence-electron chi connectivity index (χ1n) is 36.1. The maximum atomic E-state index is 12.8. The SMILES string of the molecule is COc1ccccc1C(=O)Nc1nn(Cc2ccc(C(F)(F)F)cc2)c2ccccc12.COc1cscc1C(=O)Nc1nn(Cc2ccc(C(F)(F)F)cc2)c2ccccc12.N#Cc1ccc2c(c1)c(NC(=O)c1cccnn1)nn2Cc1ccc(C(F)(F)F)nc1.O=C(Nc1nn(Cc2ccc(C(F)(F)F)cc2)c2ccccc12)c1ccccc1. The van der Waals surface area contributed by atoms with Gasteiger partial charge in [-0.1, -0.05) is 109 Å². The highest BCUT2D eigenvalue weighted by Gasteiger charge is 2.34. The monoisotopic (exact) mass is 1670 g/mol. The number of ether oxygens (including phenoxy) is 2. The molecule has 9 aromatic carbocycles. The average molecular weight is 1680 g/mol. The lowest BCUT2D eigenvalue weighted by atomic mass is 10.1. The van der Waals surface area contributed by atoms with Crippen LogP contribution in [0, 0.1) is 11.3 Å². The molecule has 16 rings (SSSR count). The number of benzene rings is 9. The van der Waals surface area contributed by atoms with Gasteiger partial charge in [0.05, 0.1) is 102 Å². The lowest BCUT2D eigenvalue weighted by molar-refractivity contribution is -0.141. The van der Waals surface area contributed by atoms with E-state index in [2.05, 4.69) is 56.8 Å². The molecule has 0 bridgehead atoms. The van der Waals surface area contributed by atoms with Crippen molar-refractivity contribution in [2.45, 2.75) is 50.9 Å². The second-order valence-corrected chi connectivity index (χ2v) is 27.1. The van der Waals surface area contributed by atoms with E-state index in [0.29, 0.717) is 84.4 Å². The fourth-order valence-electron chi connectivity index (χ4n) is 12.4. The van der Waals surface area contributed by atoms with Crippen LogP contribution in [0.3, 0.4) is 0 Å². The molecule has 22 nitrogen and oxygen atoms in total. The third kappa shape index (κ3) is 20.3. The fourth-order valence-corrected chi connectivity index (χ4v) is 13.2. The Hall–Kier alpha value is -15.1. The first-order valence-corrected chi connectivity index (χ1v) is 37.0. The zero-order chi connectivity index (χ0) is 85.8. The summed E-state index contributed by atoms with van der Waals surface area (Å²) in [6.45, 7) is 0.897. The lowest BCUT2D eigenvalue weighted by Gasteiger charge is -2.08. The molecular weight excluding hydrogens is 1610 g/mol. The number of methoxy groups -OCH3 is 2. The molecule has 16 aromatic rings. The molecule has 7 heterocycles. The van der Waals surface area contributed by atoms with Crippen molar-refractivity contribution in [1.29, 1.82) is 5.26 Å². The zero-order valence-corrected chi connectivity index (χ0v) is 63.8. The summed E-state index contributed by atoms with van der Waals surface area (Å²) in [4.78, 5) is 53.9. The van der Waals surface area contributed by atoms with Gasteiger partial charge in [-0.05, 0) is 156 Å². The normalized spacial score (nSPS) is 11.5. The first-order chi connectivity index (χ1) is 58.0. The molecule has 0 atom stereocenters. The van der Waals surface area contributed by atoms with Gasteiger partial charge >= 0.3 is 24.7 Å². The number of carbonyl (C=O) groups is 4. The highest BCUT2D eigenvalue weighted by molar-refractivity contribution is 7.08. The van der Waals surface area contributed by atoms with Crippen molar-refractivity contribution >= 4 is 102 Å². The Morgan fingerprint density at radius 1 is 0.397 bits per heavy atom. The summed E-state index contributed by atoms with van der Waals surface area (Å²) in [6.07, 6.45) is -15.1. The van der Waals surface area contributed by atoms with Gasteiger partial charge in [-0.2, -0.15) is 83.4 Å². The Bertz CT molecular complexity index is 6430. The molecule has 612 valence electrons. The molecule has 121 heavy (non-hydrogen) atoms. The number of alkyl halides is 12. The van der Waals surface area contributed by atoms with Crippen LogP contribution < -0.4 is 30.7 Å². The molecular formula is C86H62F12N16O6S. The number of aromatic nitrogens is 11. The van der Waals surface area contributed by atoms with Crippen LogP contribution in [0.15, 0.2) is 266 Å². The van der Waals surface area contributed by atoms with E-state index in [1.165, 1.54) is 85.0 Å². The van der Waals surface area contributed by atoms with E-state index in [-0.39, 0.29) is 55.4 Å². The number of fused-ring (bicyclic) bond motifs is 4. The number of nitrogens with one attached hydrogen (secondary N) is 4. The number of hydrogen-bond acceptors (Lipinski definition) is 15. The fraction of sp³-hybridized carbons (Fsp3) is 0.116. The van der Waals surface area contributed by atoms with Gasteiger partial charge in [0.25, 0.3) is 23.6 Å². The van der Waals surface area contributed by atoms with Gasteiger partial charge in [-0.3, -0.25) is 42.9 Å². The second kappa shape index (κ2) is 36.2. The number of nitriles is 1. The number of amides is 4. The summed E-state index contributed by atoms with van der Waals surface area (Å²) >= 11 is 1.35. The zero-order valence-electron chi connectivity index (χ0n) is 63.0. The number of carbonyl (C=O) groups excluding carboxylic acids is 4. The molecule has 0 radical (unpaired) electrons. The summed E-state index contributed by atoms with van der Waals surface area (Å²) in [5.74, 6) is 0.687. The van der Waals surface area contributed by atoms with Gasteiger partial charge in [-0.25, -0.2) is 0 Å². The minimum Gasteiger partial charge on any atom is -0.496 e. The molecule has 0 spiro atoms. The Morgan fingerprint density at radius 2 is 0.802 bits per heavy atom. The van der Waals surface area contributed by atoms with Gasteiger partial charge < -0.3 is 30.7 Å². The van der Waals surface area contributed by atoms with E-state index in [4.69, 9.17) is 9.47 Å². The van der Waals surface area contributed by atoms with Gasteiger partial charge in [0.2, 0.25) is 0 Å². The van der Waals surface area contributed by atoms with E-state index in [9.17, 15) is 77.1 Å². The molecule has 7 aromatic heterocycles. The maximum absolute atomic E-state index is 12.8. The average Bonchev–Trinajstić information content (AvgIpc) is 1.66. The van der Waals surface area contributed by atoms with Gasteiger partial charge in [0.15, 0.2) is 29.0 Å². The Kier molecular flexibility index (Phi) is 25.1. The van der Waals surface area contributed by atoms with Crippen molar-refractivity contribution in [3.8, 4) is 17.6 Å². The van der Waals surface area contributed by atoms with Crippen LogP contribution in [0.2, 0.25) is 0 Å². The Balaban J connectivity index is 0.000000139. The third-order valence-electron chi connectivity index (χ3n) is 18.4. The molecule has 35 heteroatoms. The van der Waals surface area contributed by atoms with Gasteiger partial charge in [-0.15, -0.1) is 16.4 Å². The van der Waals surface area contributed by atoms with E-state index >= 15 is 0 Å². The standard InChI is InChI=1S/C23H18F3N3O2.C22H16F3N3O.C21H16F3N3O2S.C20H12F3N7O/c1-31-20-9-5-3-7-18(20)22(30)27-21-17-6-2-4-8-19(17)29(28-21)14-15-10-12-16(13-11-15)23(24,25)26;23-22(24,25)17-12-10-15(11-13-17)14-28-19-9-5-4-8-18(19)20(27-28)26-21(29)16-6-2-1-3-7-16;1-29-18-12-30-11-16(18)20(28)25-19-15-4-2-3-5-17(15)27(26-19)10-13-6-8-14(9-7-13)21(22,23)24;21-20(22,23)17-6-4-13(10-25-17)11-30-16-5-3-12(9-24)8-14(16)18(29-30)27-19(31)15-2-1-7-26-28-15/h2-13H,14H2,1H3,(H,27,28,30);1-13H,14H2,(H,26,27,29);2-9,11-12H,10H2,1H3,(H,25,26,28);1-8,10H,11H2,(H,27,29,31). The maximum Gasteiger partial charge on any atom is 0.433 e. The topological polar surface area (TPSA) is 269 Å². The quantitative estimate of drug-likeness (QED) is 0.0582. The summed E-state index contributed by atoms with van der Waals surface area (Å²) in [6, 6.07) is 64.6. The number of para-hydroxylation sites is 4. The molecule has 0 unspecified atom stereocenters. The number of pyridine rings is 1. The molecule has 0 fully saturated rings. The number of hydrogen-bond donors (Lipinski definition) is 4. The lowest BCUT2D eigenvalue weighted by Crippen LogP contribution is -2.15. The summed E-state index contributed by atoms with van der Waals surface area (Å²) in [7, 11) is 2.98. The third-order valence-corrected chi connectivity index (χ3v) is 19.1. The number of thiophene rings is 1. The van der Waals surface area contributed by atoms with Crippen LogP contribution in [-0.4, -0.2) is 92.2 Å². The minimum atomic E-state index is -4.53. The number of anilines is 4. The van der Waals surface area contributed by atoms with E-state index < -0.39 is 53.0 Å². The molecule has 4 amide bonds. The van der Waals surface area contributed by atoms with Crippen LogP contribution in [0.25, 0.3) is 43.6 Å². The summed E-state index contributed by atoms with van der Waals surface area (Å²) in [5.41, 5.74) is 3.96. The highest BCUT2D eigenvalue weighted by Crippen LogP contribution is 2.36. The van der Waals surface area contributed by atoms with Crippen LogP contribution in [0.5, 0.6) is 11.5 Å². The molecule has 0 aliphatic heterocycles. The van der Waals surface area contributed by atoms with Crippen LogP contribution in [0.1, 0.15) is 91.8 Å². The predicted octanol–water partition coefficient (Wildman–Crippen LogP) is 19.6. The van der Waals surface area contributed by atoms with Crippen molar-refractivity contribution < 1.29 is 81.3 Å². The molecule has 0 saturated heterocycles. The van der Waals surface area contributed by atoms with Crippen molar-refractivity contribution in [2.24, 2.45) is 0 Å². The van der Waals surface area contributed by atoms with Crippen LogP contribution >= 0.6 is 11.3 Å². The number of nitrogens with zero attached hydrogens (tertiary/aromatic N) is 12. The Labute approximate surface area is 681 Å². The molecule has 4 N–H and O–H groups in total. The summed E-state index contributed by atoms with van der Waals surface area (Å²) in [5, 5.41) is 51.6. The van der Waals surface area contributed by atoms with E-state index in [1.807, 2.05) is 84.9 Å². The van der Waals surface area contributed by atoms with E-state index in [1.54, 1.807) is 97.6 Å². The molecule has 0 aliphatic rings. The first kappa shape index (κ1) is 83.9. The van der Waals surface area contributed by atoms with Crippen molar-refractivity contribution in [3.05, 3.63) is 338 Å². The summed E-state index contributed by atoms with van der Waals surface area (Å²) < 4.78 is 170. The largest absolute Gasteiger partial charge is 0.496 e. The van der Waals surface area contributed by atoms with Crippen molar-refractivity contribution in [3.63, 3.8) is 0 Å². The second-order valence-electron chi connectivity index (χ2n) is 26.4. The number of rotatable bonds is 18.